The van der Waals surface area contributed by atoms with Crippen LogP contribution in [0.25, 0.3) is 0 Å². The summed E-state index contributed by atoms with van der Waals surface area (Å²) in [5.74, 6) is 0.0902. The summed E-state index contributed by atoms with van der Waals surface area (Å²) in [6, 6.07) is -0.00197. The van der Waals surface area contributed by atoms with E-state index in [4.69, 9.17) is 9.47 Å². The van der Waals surface area contributed by atoms with Gasteiger partial charge in [-0.15, -0.1) is 0 Å². The predicted octanol–water partition coefficient (Wildman–Crippen LogP) is 0.411. The van der Waals surface area contributed by atoms with Crippen molar-refractivity contribution in [2.75, 3.05) is 33.0 Å². The van der Waals surface area contributed by atoms with Gasteiger partial charge in [-0.3, -0.25) is 4.79 Å². The fourth-order valence-corrected chi connectivity index (χ4v) is 2.02. The lowest BCUT2D eigenvalue weighted by atomic mass is 10.1. The number of aliphatic hydroxyl groups is 1. The molecule has 0 bridgehead atoms. The molecule has 1 fully saturated rings. The minimum Gasteiger partial charge on any atom is -0.393 e. The molecule has 0 radical (unpaired) electrons. The van der Waals surface area contributed by atoms with Crippen molar-refractivity contribution in [2.24, 2.45) is 0 Å². The number of rotatable bonds is 6. The molecule has 1 aliphatic rings. The zero-order valence-electron chi connectivity index (χ0n) is 10.7. The van der Waals surface area contributed by atoms with Crippen LogP contribution in [-0.4, -0.2) is 61.0 Å². The summed E-state index contributed by atoms with van der Waals surface area (Å²) in [5.41, 5.74) is 0. The van der Waals surface area contributed by atoms with Crippen LogP contribution in [0.15, 0.2) is 0 Å². The highest BCUT2D eigenvalue weighted by Crippen LogP contribution is 2.14. The van der Waals surface area contributed by atoms with Crippen LogP contribution in [0.5, 0.6) is 0 Å². The lowest BCUT2D eigenvalue weighted by molar-refractivity contribution is -0.142. The minimum atomic E-state index is -0.413. The van der Waals surface area contributed by atoms with Crippen molar-refractivity contribution in [3.63, 3.8) is 0 Å². The van der Waals surface area contributed by atoms with Crippen molar-refractivity contribution >= 4 is 5.91 Å². The van der Waals surface area contributed by atoms with Crippen LogP contribution < -0.4 is 0 Å². The highest BCUT2D eigenvalue weighted by Gasteiger charge is 2.27. The highest BCUT2D eigenvalue weighted by atomic mass is 16.5. The first-order valence-electron chi connectivity index (χ1n) is 6.28. The standard InChI is InChI=1S/C12H23NO4/c1-3-16-6-4-12(15)13-5-7-17-9-11(13)8-10(2)14/h10-11,14H,3-9H2,1-2H3. The van der Waals surface area contributed by atoms with Crippen LogP contribution in [0.2, 0.25) is 0 Å². The third kappa shape index (κ3) is 5.02. The number of carbonyl (C=O) groups excluding carboxylic acids is 1. The third-order valence-corrected chi connectivity index (χ3v) is 2.83. The van der Waals surface area contributed by atoms with E-state index in [1.807, 2.05) is 11.8 Å². The minimum absolute atomic E-state index is 0.00197. The van der Waals surface area contributed by atoms with E-state index < -0.39 is 6.10 Å². The molecule has 1 aliphatic heterocycles. The van der Waals surface area contributed by atoms with Crippen molar-refractivity contribution in [1.82, 2.24) is 4.90 Å². The summed E-state index contributed by atoms with van der Waals surface area (Å²) in [7, 11) is 0. The molecular formula is C12H23NO4. The molecule has 1 rings (SSSR count). The van der Waals surface area contributed by atoms with Gasteiger partial charge in [-0.05, 0) is 20.3 Å². The Labute approximate surface area is 103 Å². The Morgan fingerprint density at radius 2 is 2.41 bits per heavy atom. The van der Waals surface area contributed by atoms with Gasteiger partial charge >= 0.3 is 0 Å². The molecule has 1 saturated heterocycles. The summed E-state index contributed by atoms with van der Waals surface area (Å²) in [6.45, 7) is 6.46. The van der Waals surface area contributed by atoms with E-state index in [0.717, 1.165) is 0 Å². The quantitative estimate of drug-likeness (QED) is 0.689. The molecular weight excluding hydrogens is 222 g/mol. The van der Waals surface area contributed by atoms with Crippen LogP contribution in [0.3, 0.4) is 0 Å². The van der Waals surface area contributed by atoms with Crippen molar-refractivity contribution in [1.29, 1.82) is 0 Å². The molecule has 1 amide bonds. The number of amides is 1. The lowest BCUT2D eigenvalue weighted by Crippen LogP contribution is -2.50. The Hall–Kier alpha value is -0.650. The van der Waals surface area contributed by atoms with Gasteiger partial charge in [0.2, 0.25) is 5.91 Å². The van der Waals surface area contributed by atoms with Crippen LogP contribution >= 0.6 is 0 Å². The van der Waals surface area contributed by atoms with Gasteiger partial charge in [-0.1, -0.05) is 0 Å². The Bertz CT molecular complexity index is 233. The molecule has 0 aliphatic carbocycles. The zero-order chi connectivity index (χ0) is 12.7. The number of ether oxygens (including phenoxy) is 2. The summed E-state index contributed by atoms with van der Waals surface area (Å²) >= 11 is 0. The van der Waals surface area contributed by atoms with Crippen molar-refractivity contribution in [2.45, 2.75) is 38.8 Å². The smallest absolute Gasteiger partial charge is 0.225 e. The molecule has 0 aromatic heterocycles. The number of hydrogen-bond acceptors (Lipinski definition) is 4. The first-order valence-corrected chi connectivity index (χ1v) is 6.28. The summed E-state index contributed by atoms with van der Waals surface area (Å²) in [6.07, 6.45) is 0.564. The number of hydrogen-bond donors (Lipinski definition) is 1. The van der Waals surface area contributed by atoms with E-state index in [1.165, 1.54) is 0 Å². The average molecular weight is 245 g/mol. The summed E-state index contributed by atoms with van der Waals surface area (Å²) in [5, 5.41) is 9.40. The second-order valence-corrected chi connectivity index (χ2v) is 4.35. The lowest BCUT2D eigenvalue weighted by Gasteiger charge is -2.36. The van der Waals surface area contributed by atoms with Gasteiger partial charge in [0.05, 0.1) is 38.4 Å². The van der Waals surface area contributed by atoms with E-state index in [0.29, 0.717) is 45.8 Å². The van der Waals surface area contributed by atoms with E-state index in [-0.39, 0.29) is 11.9 Å². The topological polar surface area (TPSA) is 59.0 Å². The number of aliphatic hydroxyl groups excluding tert-OH is 1. The molecule has 0 aromatic carbocycles. The van der Waals surface area contributed by atoms with Gasteiger partial charge in [-0.25, -0.2) is 0 Å². The van der Waals surface area contributed by atoms with Crippen LogP contribution in [-0.2, 0) is 14.3 Å². The fraction of sp³-hybridized carbons (Fsp3) is 0.917. The van der Waals surface area contributed by atoms with Gasteiger partial charge in [0.15, 0.2) is 0 Å². The average Bonchev–Trinajstić information content (AvgIpc) is 2.29. The maximum atomic E-state index is 12.0. The van der Waals surface area contributed by atoms with E-state index >= 15 is 0 Å². The SMILES string of the molecule is CCOCCC(=O)N1CCOCC1CC(C)O. The van der Waals surface area contributed by atoms with Gasteiger partial charge in [0.1, 0.15) is 0 Å². The molecule has 100 valence electrons. The number of carbonyl (C=O) groups is 1. The normalized spacial score (nSPS) is 22.5. The largest absolute Gasteiger partial charge is 0.393 e. The highest BCUT2D eigenvalue weighted by molar-refractivity contribution is 5.76. The maximum Gasteiger partial charge on any atom is 0.225 e. The molecule has 2 unspecified atom stereocenters. The Morgan fingerprint density at radius 3 is 3.06 bits per heavy atom. The summed E-state index contributed by atoms with van der Waals surface area (Å²) in [4.78, 5) is 13.8. The van der Waals surface area contributed by atoms with Crippen molar-refractivity contribution < 1.29 is 19.4 Å². The zero-order valence-corrected chi connectivity index (χ0v) is 10.7. The van der Waals surface area contributed by atoms with Crippen LogP contribution in [0.4, 0.5) is 0 Å². The second-order valence-electron chi connectivity index (χ2n) is 4.35. The first kappa shape index (κ1) is 14.4. The van der Waals surface area contributed by atoms with Gasteiger partial charge in [-0.2, -0.15) is 0 Å². The van der Waals surface area contributed by atoms with E-state index in [1.54, 1.807) is 6.92 Å². The molecule has 1 heterocycles. The second kappa shape index (κ2) is 7.63. The summed E-state index contributed by atoms with van der Waals surface area (Å²) < 4.78 is 10.5. The molecule has 2 atom stereocenters. The van der Waals surface area contributed by atoms with Crippen LogP contribution in [0, 0.1) is 0 Å². The Kier molecular flexibility index (Phi) is 6.47. The maximum absolute atomic E-state index is 12.0. The number of nitrogens with zero attached hydrogens (tertiary/aromatic N) is 1. The van der Waals surface area contributed by atoms with E-state index in [9.17, 15) is 9.90 Å². The van der Waals surface area contributed by atoms with Gasteiger partial charge in [0, 0.05) is 13.2 Å². The molecule has 1 N–H and O–H groups in total. The molecule has 5 heteroatoms. The molecule has 0 saturated carbocycles. The fourth-order valence-electron chi connectivity index (χ4n) is 2.02. The number of morpholine rings is 1. The molecule has 0 aromatic rings. The molecule has 0 spiro atoms. The van der Waals surface area contributed by atoms with Gasteiger partial charge in [0.25, 0.3) is 0 Å². The van der Waals surface area contributed by atoms with Crippen LogP contribution in [0.1, 0.15) is 26.7 Å². The molecule has 5 nitrogen and oxygen atoms in total. The van der Waals surface area contributed by atoms with Crippen molar-refractivity contribution in [3.8, 4) is 0 Å². The molecule has 17 heavy (non-hydrogen) atoms. The van der Waals surface area contributed by atoms with E-state index in [2.05, 4.69) is 0 Å². The first-order chi connectivity index (χ1) is 8.15. The van der Waals surface area contributed by atoms with Gasteiger partial charge < -0.3 is 19.5 Å². The predicted molar refractivity (Wildman–Crippen MR) is 63.7 cm³/mol. The Morgan fingerprint density at radius 1 is 1.65 bits per heavy atom. The monoisotopic (exact) mass is 245 g/mol. The van der Waals surface area contributed by atoms with Crippen molar-refractivity contribution in [3.05, 3.63) is 0 Å². The third-order valence-electron chi connectivity index (χ3n) is 2.83. The Balaban J connectivity index is 2.43.